The Kier molecular flexibility index (Phi) is 2.80. The third-order valence-corrected chi connectivity index (χ3v) is 3.08. The van der Waals surface area contributed by atoms with Gasteiger partial charge in [-0.3, -0.25) is 14.8 Å². The van der Waals surface area contributed by atoms with Crippen molar-refractivity contribution in [2.45, 2.75) is 6.92 Å². The van der Waals surface area contributed by atoms with Crippen LogP contribution in [0.4, 0.5) is 0 Å². The van der Waals surface area contributed by atoms with Crippen LogP contribution in [0.25, 0.3) is 10.8 Å². The van der Waals surface area contributed by atoms with Gasteiger partial charge in [-0.15, -0.1) is 0 Å². The normalized spacial score (nSPS) is 10.6. The predicted octanol–water partition coefficient (Wildman–Crippen LogP) is 3.17. The van der Waals surface area contributed by atoms with E-state index in [0.29, 0.717) is 11.1 Å². The van der Waals surface area contributed by atoms with E-state index in [9.17, 15) is 4.79 Å². The molecule has 0 aliphatic rings. The Morgan fingerprint density at radius 2 is 2.00 bits per heavy atom. The largest absolute Gasteiger partial charge is 0.289 e. The number of benzene rings is 1. The Hall–Kier alpha value is -2.55. The molecule has 3 nitrogen and oxygen atoms in total. The SMILES string of the molecule is Cc1cc(C(=O)c2cccc3cnccc23)ccn1. The highest BCUT2D eigenvalue weighted by atomic mass is 16.1. The quantitative estimate of drug-likeness (QED) is 0.654. The van der Waals surface area contributed by atoms with Gasteiger partial charge in [0.1, 0.15) is 0 Å². The Morgan fingerprint density at radius 3 is 2.84 bits per heavy atom. The monoisotopic (exact) mass is 248 g/mol. The summed E-state index contributed by atoms with van der Waals surface area (Å²) in [7, 11) is 0. The van der Waals surface area contributed by atoms with Gasteiger partial charge in [0.15, 0.2) is 5.78 Å². The first-order valence-corrected chi connectivity index (χ1v) is 6.06. The molecule has 0 amide bonds. The molecule has 0 radical (unpaired) electrons. The molecule has 0 saturated heterocycles. The molecule has 0 aliphatic carbocycles. The summed E-state index contributed by atoms with van der Waals surface area (Å²) in [5.41, 5.74) is 2.20. The molecule has 0 saturated carbocycles. The lowest BCUT2D eigenvalue weighted by atomic mass is 9.98. The van der Waals surface area contributed by atoms with Crippen molar-refractivity contribution in [2.75, 3.05) is 0 Å². The molecule has 3 aromatic rings. The van der Waals surface area contributed by atoms with Gasteiger partial charge in [-0.1, -0.05) is 18.2 Å². The third kappa shape index (κ3) is 2.10. The lowest BCUT2D eigenvalue weighted by Crippen LogP contribution is -2.03. The van der Waals surface area contributed by atoms with E-state index in [2.05, 4.69) is 9.97 Å². The van der Waals surface area contributed by atoms with Gasteiger partial charge in [-0.25, -0.2) is 0 Å². The van der Waals surface area contributed by atoms with Crippen LogP contribution in [-0.2, 0) is 0 Å². The van der Waals surface area contributed by atoms with Crippen molar-refractivity contribution >= 4 is 16.6 Å². The van der Waals surface area contributed by atoms with E-state index in [1.165, 1.54) is 0 Å². The van der Waals surface area contributed by atoms with Crippen LogP contribution in [0.15, 0.2) is 55.0 Å². The topological polar surface area (TPSA) is 42.9 Å². The number of hydrogen-bond donors (Lipinski definition) is 0. The summed E-state index contributed by atoms with van der Waals surface area (Å²) in [4.78, 5) is 20.8. The Morgan fingerprint density at radius 1 is 1.11 bits per heavy atom. The lowest BCUT2D eigenvalue weighted by Gasteiger charge is -2.05. The summed E-state index contributed by atoms with van der Waals surface area (Å²) in [5, 5.41) is 1.90. The number of hydrogen-bond acceptors (Lipinski definition) is 3. The molecule has 0 bridgehead atoms. The van der Waals surface area contributed by atoms with Crippen molar-refractivity contribution in [2.24, 2.45) is 0 Å². The molecule has 0 spiro atoms. The van der Waals surface area contributed by atoms with Crippen molar-refractivity contribution in [1.29, 1.82) is 0 Å². The second-order valence-electron chi connectivity index (χ2n) is 4.42. The van der Waals surface area contributed by atoms with Gasteiger partial charge in [0.2, 0.25) is 0 Å². The van der Waals surface area contributed by atoms with E-state index in [1.807, 2.05) is 37.3 Å². The number of pyridine rings is 2. The van der Waals surface area contributed by atoms with Crippen LogP contribution < -0.4 is 0 Å². The van der Waals surface area contributed by atoms with Crippen molar-refractivity contribution in [3.63, 3.8) is 0 Å². The van der Waals surface area contributed by atoms with Crippen LogP contribution in [0, 0.1) is 6.92 Å². The van der Waals surface area contributed by atoms with Gasteiger partial charge in [0, 0.05) is 40.8 Å². The molecule has 92 valence electrons. The fourth-order valence-electron chi connectivity index (χ4n) is 2.16. The van der Waals surface area contributed by atoms with Gasteiger partial charge < -0.3 is 0 Å². The Labute approximate surface area is 111 Å². The molecule has 3 rings (SSSR count). The summed E-state index contributed by atoms with van der Waals surface area (Å²) in [5.74, 6) is 0.0160. The summed E-state index contributed by atoms with van der Waals surface area (Å²) in [6, 6.07) is 11.1. The molecule has 3 heteroatoms. The van der Waals surface area contributed by atoms with E-state index in [1.54, 1.807) is 24.7 Å². The fraction of sp³-hybridized carbons (Fsp3) is 0.0625. The van der Waals surface area contributed by atoms with Crippen molar-refractivity contribution in [3.8, 4) is 0 Å². The van der Waals surface area contributed by atoms with Crippen LogP contribution in [0.1, 0.15) is 21.6 Å². The average molecular weight is 248 g/mol. The molecule has 0 unspecified atom stereocenters. The van der Waals surface area contributed by atoms with Crippen molar-refractivity contribution < 1.29 is 4.79 Å². The van der Waals surface area contributed by atoms with Crippen LogP contribution in [0.5, 0.6) is 0 Å². The minimum atomic E-state index is 0.0160. The number of nitrogens with zero attached hydrogens (tertiary/aromatic N) is 2. The summed E-state index contributed by atoms with van der Waals surface area (Å²) in [6.07, 6.45) is 5.13. The molecule has 0 fully saturated rings. The number of carbonyl (C=O) groups excluding carboxylic acids is 1. The Bertz CT molecular complexity index is 760. The van der Waals surface area contributed by atoms with Gasteiger partial charge in [-0.05, 0) is 30.5 Å². The molecular weight excluding hydrogens is 236 g/mol. The zero-order chi connectivity index (χ0) is 13.2. The number of aromatic nitrogens is 2. The molecule has 0 atom stereocenters. The zero-order valence-electron chi connectivity index (χ0n) is 10.5. The Balaban J connectivity index is 2.17. The highest BCUT2D eigenvalue weighted by Crippen LogP contribution is 2.20. The fourth-order valence-corrected chi connectivity index (χ4v) is 2.16. The van der Waals surface area contributed by atoms with E-state index in [4.69, 9.17) is 0 Å². The first-order valence-electron chi connectivity index (χ1n) is 6.06. The third-order valence-electron chi connectivity index (χ3n) is 3.08. The van der Waals surface area contributed by atoms with Crippen LogP contribution >= 0.6 is 0 Å². The van der Waals surface area contributed by atoms with Gasteiger partial charge in [-0.2, -0.15) is 0 Å². The maximum absolute atomic E-state index is 12.6. The first-order chi connectivity index (χ1) is 9.25. The molecule has 0 N–H and O–H groups in total. The predicted molar refractivity (Wildman–Crippen MR) is 74.1 cm³/mol. The molecule has 0 aliphatic heterocycles. The lowest BCUT2D eigenvalue weighted by molar-refractivity contribution is 0.104. The van der Waals surface area contributed by atoms with Crippen LogP contribution in [0.2, 0.25) is 0 Å². The van der Waals surface area contributed by atoms with E-state index < -0.39 is 0 Å². The molecule has 19 heavy (non-hydrogen) atoms. The van der Waals surface area contributed by atoms with Gasteiger partial charge >= 0.3 is 0 Å². The number of fused-ring (bicyclic) bond motifs is 1. The number of aryl methyl sites for hydroxylation is 1. The van der Waals surface area contributed by atoms with E-state index >= 15 is 0 Å². The molecular formula is C16H12N2O. The van der Waals surface area contributed by atoms with Crippen molar-refractivity contribution in [1.82, 2.24) is 9.97 Å². The summed E-state index contributed by atoms with van der Waals surface area (Å²) < 4.78 is 0. The molecule has 2 heterocycles. The number of rotatable bonds is 2. The standard InChI is InChI=1S/C16H12N2O/c1-11-9-12(5-8-18-11)16(19)15-4-2-3-13-10-17-7-6-14(13)15/h2-10H,1H3. The van der Waals surface area contributed by atoms with E-state index in [0.717, 1.165) is 16.5 Å². The average Bonchev–Trinajstić information content (AvgIpc) is 2.46. The first kappa shape index (κ1) is 11.5. The maximum Gasteiger partial charge on any atom is 0.193 e. The van der Waals surface area contributed by atoms with Crippen LogP contribution in [-0.4, -0.2) is 15.8 Å². The smallest absolute Gasteiger partial charge is 0.193 e. The van der Waals surface area contributed by atoms with Crippen molar-refractivity contribution in [3.05, 3.63) is 71.8 Å². The van der Waals surface area contributed by atoms with Crippen LogP contribution in [0.3, 0.4) is 0 Å². The number of carbonyl (C=O) groups is 1. The highest BCUT2D eigenvalue weighted by Gasteiger charge is 2.12. The second kappa shape index (κ2) is 4.61. The second-order valence-corrected chi connectivity index (χ2v) is 4.42. The highest BCUT2D eigenvalue weighted by molar-refractivity contribution is 6.16. The van der Waals surface area contributed by atoms with E-state index in [-0.39, 0.29) is 5.78 Å². The minimum Gasteiger partial charge on any atom is -0.289 e. The summed E-state index contributed by atoms with van der Waals surface area (Å²) in [6.45, 7) is 1.88. The molecule has 2 aromatic heterocycles. The molecule has 1 aromatic carbocycles. The van der Waals surface area contributed by atoms with Gasteiger partial charge in [0.25, 0.3) is 0 Å². The maximum atomic E-state index is 12.6. The summed E-state index contributed by atoms with van der Waals surface area (Å²) >= 11 is 0. The zero-order valence-corrected chi connectivity index (χ0v) is 10.5. The minimum absolute atomic E-state index is 0.0160. The van der Waals surface area contributed by atoms with Gasteiger partial charge in [0.05, 0.1) is 0 Å². The number of ketones is 1.